The maximum atomic E-state index is 16.0. The van der Waals surface area contributed by atoms with Gasteiger partial charge in [-0.1, -0.05) is 0 Å². The monoisotopic (exact) mass is 544 g/mol. The van der Waals surface area contributed by atoms with Gasteiger partial charge in [-0.3, -0.25) is 9.88 Å². The maximum absolute atomic E-state index is 16.0. The molecule has 12 heteroatoms. The number of hydrogen-bond acceptors (Lipinski definition) is 8. The van der Waals surface area contributed by atoms with Gasteiger partial charge in [-0.15, -0.1) is 0 Å². The Morgan fingerprint density at radius 1 is 1.00 bits per heavy atom. The third-order valence-corrected chi connectivity index (χ3v) is 8.82. The molecule has 2 atom stereocenters. The van der Waals surface area contributed by atoms with Crippen molar-refractivity contribution in [2.24, 2.45) is 0 Å². The van der Waals surface area contributed by atoms with Crippen LogP contribution in [-0.2, 0) is 0 Å². The van der Waals surface area contributed by atoms with E-state index < -0.39 is 40.3 Å². The SMILES string of the molecule is Oc1c(F)cc(F)c(-c2ncc3c(N4C[C@H]5CC[C@@H](C4)N5)nc(OCC45CCCN4CCC5)nc3c2F)c1F. The van der Waals surface area contributed by atoms with Crippen LogP contribution in [0.3, 0.4) is 0 Å². The van der Waals surface area contributed by atoms with Crippen molar-refractivity contribution in [2.75, 3.05) is 37.7 Å². The molecule has 206 valence electrons. The number of nitrogens with zero attached hydrogens (tertiary/aromatic N) is 5. The number of anilines is 1. The van der Waals surface area contributed by atoms with E-state index in [0.29, 0.717) is 31.6 Å². The molecule has 0 radical (unpaired) electrons. The number of phenolic OH excluding ortho intramolecular Hbond substituents is 1. The van der Waals surface area contributed by atoms with Crippen molar-refractivity contribution >= 4 is 16.7 Å². The zero-order valence-corrected chi connectivity index (χ0v) is 21.2. The Morgan fingerprint density at radius 2 is 1.72 bits per heavy atom. The molecule has 4 aliphatic heterocycles. The van der Waals surface area contributed by atoms with Crippen LogP contribution in [-0.4, -0.2) is 75.4 Å². The summed E-state index contributed by atoms with van der Waals surface area (Å²) < 4.78 is 65.3. The number of rotatable bonds is 5. The van der Waals surface area contributed by atoms with Crippen molar-refractivity contribution in [1.29, 1.82) is 0 Å². The quantitative estimate of drug-likeness (QED) is 0.468. The molecule has 0 aliphatic carbocycles. The Bertz CT molecular complexity index is 1450. The van der Waals surface area contributed by atoms with Gasteiger partial charge in [0, 0.05) is 37.4 Å². The molecular weight excluding hydrogens is 516 g/mol. The van der Waals surface area contributed by atoms with Gasteiger partial charge < -0.3 is 20.1 Å². The first-order chi connectivity index (χ1) is 18.8. The zero-order valence-electron chi connectivity index (χ0n) is 21.2. The molecule has 7 rings (SSSR count). The van der Waals surface area contributed by atoms with E-state index in [0.717, 1.165) is 51.6 Å². The minimum Gasteiger partial charge on any atom is -0.503 e. The Labute approximate surface area is 222 Å². The Hall–Kier alpha value is -3.25. The van der Waals surface area contributed by atoms with Crippen molar-refractivity contribution in [2.45, 2.75) is 56.1 Å². The second-order valence-corrected chi connectivity index (χ2v) is 11.1. The number of benzene rings is 1. The summed E-state index contributed by atoms with van der Waals surface area (Å²) in [6, 6.07) is 0.814. The lowest BCUT2D eigenvalue weighted by atomic mass is 9.95. The standard InChI is InChI=1S/C27H28F4N6O2/c28-17-9-18(29)24(38)20(30)19(17)23-21(31)22-16(10-32-23)25(36-11-14-3-4-15(12-36)33-14)35-26(34-22)39-13-27-5-1-7-37(27)8-2-6-27/h9-10,14-15,33,38H,1-8,11-13H2/t14-,15+. The van der Waals surface area contributed by atoms with Gasteiger partial charge >= 0.3 is 6.01 Å². The minimum atomic E-state index is -1.63. The Morgan fingerprint density at radius 3 is 2.44 bits per heavy atom. The summed E-state index contributed by atoms with van der Waals surface area (Å²) in [7, 11) is 0. The average molecular weight is 545 g/mol. The van der Waals surface area contributed by atoms with Crippen molar-refractivity contribution in [1.82, 2.24) is 25.2 Å². The summed E-state index contributed by atoms with van der Waals surface area (Å²) in [5, 5.41) is 13.5. The lowest BCUT2D eigenvalue weighted by molar-refractivity contribution is 0.108. The molecule has 8 nitrogen and oxygen atoms in total. The molecule has 0 spiro atoms. The summed E-state index contributed by atoms with van der Waals surface area (Å²) in [6.45, 7) is 3.69. The van der Waals surface area contributed by atoms with E-state index in [2.05, 4.69) is 25.1 Å². The number of phenols is 1. The largest absolute Gasteiger partial charge is 0.503 e. The van der Waals surface area contributed by atoms with E-state index >= 15 is 4.39 Å². The fourth-order valence-corrected chi connectivity index (χ4v) is 6.93. The normalized spacial score (nSPS) is 24.1. The molecule has 0 amide bonds. The van der Waals surface area contributed by atoms with Gasteiger partial charge in [0.05, 0.1) is 16.5 Å². The highest BCUT2D eigenvalue weighted by molar-refractivity contribution is 5.92. The zero-order chi connectivity index (χ0) is 26.9. The number of fused-ring (bicyclic) bond motifs is 4. The Kier molecular flexibility index (Phi) is 5.81. The number of hydrogen-bond donors (Lipinski definition) is 2. The average Bonchev–Trinajstić information content (AvgIpc) is 3.60. The summed E-state index contributed by atoms with van der Waals surface area (Å²) in [6.07, 6.45) is 7.49. The van der Waals surface area contributed by atoms with Gasteiger partial charge in [0.25, 0.3) is 0 Å². The number of aromatic hydroxyl groups is 1. The summed E-state index contributed by atoms with van der Waals surface area (Å²) in [5.74, 6) is -6.58. The highest BCUT2D eigenvalue weighted by Crippen LogP contribution is 2.40. The van der Waals surface area contributed by atoms with Crippen molar-refractivity contribution in [3.8, 4) is 23.0 Å². The predicted molar refractivity (Wildman–Crippen MR) is 135 cm³/mol. The molecular formula is C27H28F4N6O2. The summed E-state index contributed by atoms with van der Waals surface area (Å²) in [5.41, 5.74) is -1.99. The number of nitrogens with one attached hydrogen (secondary N) is 1. The molecule has 0 saturated carbocycles. The van der Waals surface area contributed by atoms with E-state index in [9.17, 15) is 18.3 Å². The predicted octanol–water partition coefficient (Wildman–Crippen LogP) is 3.90. The maximum Gasteiger partial charge on any atom is 0.319 e. The highest BCUT2D eigenvalue weighted by Gasteiger charge is 2.45. The summed E-state index contributed by atoms with van der Waals surface area (Å²) >= 11 is 0. The van der Waals surface area contributed by atoms with Gasteiger partial charge in [-0.05, 0) is 51.6 Å². The third kappa shape index (κ3) is 3.98. The van der Waals surface area contributed by atoms with E-state index in [1.165, 1.54) is 6.20 Å². The third-order valence-electron chi connectivity index (χ3n) is 8.82. The van der Waals surface area contributed by atoms with Gasteiger partial charge in [-0.2, -0.15) is 9.97 Å². The first-order valence-corrected chi connectivity index (χ1v) is 13.4. The summed E-state index contributed by atoms with van der Waals surface area (Å²) in [4.78, 5) is 17.5. The van der Waals surface area contributed by atoms with Crippen LogP contribution in [0.2, 0.25) is 0 Å². The first kappa shape index (κ1) is 24.8. The minimum absolute atomic E-state index is 0.0181. The molecule has 4 fully saturated rings. The first-order valence-electron chi connectivity index (χ1n) is 13.4. The van der Waals surface area contributed by atoms with Crippen LogP contribution in [0.4, 0.5) is 23.4 Å². The molecule has 1 aromatic carbocycles. The lowest BCUT2D eigenvalue weighted by Crippen LogP contribution is -2.51. The van der Waals surface area contributed by atoms with Crippen LogP contribution < -0.4 is 15.0 Å². The number of pyridine rings is 1. The molecule has 2 aromatic heterocycles. The molecule has 3 aromatic rings. The van der Waals surface area contributed by atoms with E-state index in [-0.39, 0.29) is 34.5 Å². The second kappa shape index (κ2) is 9.16. The molecule has 39 heavy (non-hydrogen) atoms. The van der Waals surface area contributed by atoms with Crippen LogP contribution >= 0.6 is 0 Å². The number of halogens is 4. The van der Waals surface area contributed by atoms with E-state index in [1.807, 2.05) is 0 Å². The molecule has 6 heterocycles. The number of ether oxygens (including phenoxy) is 1. The van der Waals surface area contributed by atoms with Crippen molar-refractivity contribution in [3.05, 3.63) is 35.5 Å². The van der Waals surface area contributed by atoms with Crippen LogP contribution in [0.25, 0.3) is 22.2 Å². The van der Waals surface area contributed by atoms with Crippen LogP contribution in [0, 0.1) is 23.3 Å². The fraction of sp³-hybridized carbons (Fsp3) is 0.519. The molecule has 2 N–H and O–H groups in total. The molecule has 4 saturated heterocycles. The van der Waals surface area contributed by atoms with Gasteiger partial charge in [-0.25, -0.2) is 17.6 Å². The topological polar surface area (TPSA) is 86.6 Å². The van der Waals surface area contributed by atoms with Gasteiger partial charge in [0.2, 0.25) is 0 Å². The van der Waals surface area contributed by atoms with Gasteiger partial charge in [0.15, 0.2) is 23.2 Å². The number of piperazine rings is 1. The number of aromatic nitrogens is 3. The van der Waals surface area contributed by atoms with Crippen LogP contribution in [0.5, 0.6) is 11.8 Å². The van der Waals surface area contributed by atoms with Crippen LogP contribution in [0.1, 0.15) is 38.5 Å². The molecule has 2 bridgehead atoms. The van der Waals surface area contributed by atoms with Gasteiger partial charge in [0.1, 0.15) is 29.5 Å². The fourth-order valence-electron chi connectivity index (χ4n) is 6.93. The van der Waals surface area contributed by atoms with E-state index in [4.69, 9.17) is 9.72 Å². The van der Waals surface area contributed by atoms with Crippen molar-refractivity contribution < 1.29 is 27.4 Å². The van der Waals surface area contributed by atoms with E-state index in [1.54, 1.807) is 0 Å². The Balaban J connectivity index is 1.34. The van der Waals surface area contributed by atoms with Crippen molar-refractivity contribution in [3.63, 3.8) is 0 Å². The lowest BCUT2D eigenvalue weighted by Gasteiger charge is -2.34. The van der Waals surface area contributed by atoms with Crippen LogP contribution in [0.15, 0.2) is 12.3 Å². The molecule has 0 unspecified atom stereocenters. The molecule has 4 aliphatic rings. The smallest absolute Gasteiger partial charge is 0.319 e. The highest BCUT2D eigenvalue weighted by atomic mass is 19.1. The second-order valence-electron chi connectivity index (χ2n) is 11.1.